The Kier molecular flexibility index (Phi) is 4.39. The Morgan fingerprint density at radius 2 is 2.17 bits per heavy atom. The SMILES string of the molecule is Cc1ccc(C(C)(O)CNC(=O)Cc2c[nH]c3ccc(Cl)cc23)o1. The second-order valence-corrected chi connectivity index (χ2v) is 6.58. The number of H-pyrrole nitrogens is 1. The molecular formula is C18H19ClN2O3. The van der Waals surface area contributed by atoms with Crippen LogP contribution in [0.4, 0.5) is 0 Å². The lowest BCUT2D eigenvalue weighted by Gasteiger charge is -2.21. The summed E-state index contributed by atoms with van der Waals surface area (Å²) in [5.74, 6) is 0.964. The van der Waals surface area contributed by atoms with Crippen molar-refractivity contribution in [3.63, 3.8) is 0 Å². The summed E-state index contributed by atoms with van der Waals surface area (Å²) in [5.41, 5.74) is 0.534. The summed E-state index contributed by atoms with van der Waals surface area (Å²) in [6.07, 6.45) is 2.00. The molecule has 3 rings (SSSR count). The number of rotatable bonds is 5. The van der Waals surface area contributed by atoms with Crippen molar-refractivity contribution < 1.29 is 14.3 Å². The van der Waals surface area contributed by atoms with Gasteiger partial charge in [-0.1, -0.05) is 11.6 Å². The van der Waals surface area contributed by atoms with Crippen LogP contribution in [0.1, 0.15) is 24.0 Å². The van der Waals surface area contributed by atoms with Gasteiger partial charge >= 0.3 is 0 Å². The van der Waals surface area contributed by atoms with Gasteiger partial charge in [-0.25, -0.2) is 0 Å². The molecule has 24 heavy (non-hydrogen) atoms. The molecule has 2 heterocycles. The summed E-state index contributed by atoms with van der Waals surface area (Å²) >= 11 is 6.02. The minimum absolute atomic E-state index is 0.0713. The summed E-state index contributed by atoms with van der Waals surface area (Å²) in [6.45, 7) is 3.49. The van der Waals surface area contributed by atoms with Crippen LogP contribution in [0.5, 0.6) is 0 Å². The third-order valence-corrected chi connectivity index (χ3v) is 4.22. The summed E-state index contributed by atoms with van der Waals surface area (Å²) in [6, 6.07) is 9.00. The zero-order valence-electron chi connectivity index (χ0n) is 13.5. The Hall–Kier alpha value is -2.24. The molecule has 1 amide bonds. The van der Waals surface area contributed by atoms with Gasteiger partial charge in [0.1, 0.15) is 17.1 Å². The van der Waals surface area contributed by atoms with Crippen LogP contribution < -0.4 is 5.32 Å². The van der Waals surface area contributed by atoms with E-state index in [1.807, 2.05) is 12.1 Å². The number of aromatic amines is 1. The number of aromatic nitrogens is 1. The molecule has 0 saturated carbocycles. The number of hydrogen-bond acceptors (Lipinski definition) is 3. The van der Waals surface area contributed by atoms with Gasteiger partial charge in [0.15, 0.2) is 0 Å². The molecule has 0 spiro atoms. The molecule has 3 N–H and O–H groups in total. The van der Waals surface area contributed by atoms with Crippen LogP contribution >= 0.6 is 11.6 Å². The second kappa shape index (κ2) is 6.34. The second-order valence-electron chi connectivity index (χ2n) is 6.14. The lowest BCUT2D eigenvalue weighted by atomic mass is 10.0. The van der Waals surface area contributed by atoms with E-state index in [0.29, 0.717) is 16.5 Å². The van der Waals surface area contributed by atoms with E-state index in [1.165, 1.54) is 0 Å². The normalized spacial score (nSPS) is 13.8. The summed E-state index contributed by atoms with van der Waals surface area (Å²) in [7, 11) is 0. The number of hydrogen-bond donors (Lipinski definition) is 3. The van der Waals surface area contributed by atoms with E-state index in [-0.39, 0.29) is 18.9 Å². The Bertz CT molecular complexity index is 879. The van der Waals surface area contributed by atoms with Crippen LogP contribution in [0.25, 0.3) is 10.9 Å². The van der Waals surface area contributed by atoms with Gasteiger partial charge in [-0.3, -0.25) is 4.79 Å². The number of carbonyl (C=O) groups is 1. The van der Waals surface area contributed by atoms with Gasteiger partial charge in [0.2, 0.25) is 5.91 Å². The lowest BCUT2D eigenvalue weighted by molar-refractivity contribution is -0.121. The quantitative estimate of drug-likeness (QED) is 0.663. The molecule has 0 aliphatic rings. The van der Waals surface area contributed by atoms with Crippen LogP contribution in [0, 0.1) is 6.92 Å². The first-order chi connectivity index (χ1) is 11.3. The third kappa shape index (κ3) is 3.47. The van der Waals surface area contributed by atoms with Crippen molar-refractivity contribution in [2.24, 2.45) is 0 Å². The Morgan fingerprint density at radius 3 is 2.88 bits per heavy atom. The average Bonchev–Trinajstić information content (AvgIpc) is 3.13. The molecule has 1 aromatic carbocycles. The first kappa shape index (κ1) is 16.6. The molecule has 0 radical (unpaired) electrons. The highest BCUT2D eigenvalue weighted by molar-refractivity contribution is 6.31. The third-order valence-electron chi connectivity index (χ3n) is 3.98. The van der Waals surface area contributed by atoms with E-state index in [1.54, 1.807) is 38.2 Å². The minimum atomic E-state index is -1.26. The van der Waals surface area contributed by atoms with Crippen molar-refractivity contribution in [3.05, 3.63) is 58.6 Å². The Labute approximate surface area is 144 Å². The van der Waals surface area contributed by atoms with Crippen LogP contribution in [-0.4, -0.2) is 22.5 Å². The monoisotopic (exact) mass is 346 g/mol. The zero-order valence-corrected chi connectivity index (χ0v) is 14.3. The maximum atomic E-state index is 12.2. The number of aryl methyl sites for hydroxylation is 1. The zero-order chi connectivity index (χ0) is 17.3. The van der Waals surface area contributed by atoms with Crippen LogP contribution in [0.3, 0.4) is 0 Å². The molecular weight excluding hydrogens is 328 g/mol. The number of furan rings is 1. The number of fused-ring (bicyclic) bond motifs is 1. The van der Waals surface area contributed by atoms with Gasteiger partial charge in [0.05, 0.1) is 13.0 Å². The highest BCUT2D eigenvalue weighted by atomic mass is 35.5. The van der Waals surface area contributed by atoms with Crippen LogP contribution in [-0.2, 0) is 16.8 Å². The number of amides is 1. The number of nitrogens with one attached hydrogen (secondary N) is 2. The van der Waals surface area contributed by atoms with Crippen molar-refractivity contribution in [3.8, 4) is 0 Å². The van der Waals surface area contributed by atoms with Crippen molar-refractivity contribution in [2.45, 2.75) is 25.9 Å². The fourth-order valence-corrected chi connectivity index (χ4v) is 2.79. The van der Waals surface area contributed by atoms with E-state index in [0.717, 1.165) is 16.5 Å². The summed E-state index contributed by atoms with van der Waals surface area (Å²) in [4.78, 5) is 15.3. The van der Waals surface area contributed by atoms with E-state index in [9.17, 15) is 9.90 Å². The van der Waals surface area contributed by atoms with Gasteiger partial charge in [-0.05, 0) is 49.7 Å². The molecule has 6 heteroatoms. The predicted octanol–water partition coefficient (Wildman–Crippen LogP) is 3.29. The van der Waals surface area contributed by atoms with Gasteiger partial charge in [-0.2, -0.15) is 0 Å². The van der Waals surface area contributed by atoms with Crippen molar-refractivity contribution in [1.29, 1.82) is 0 Å². The molecule has 5 nitrogen and oxygen atoms in total. The minimum Gasteiger partial charge on any atom is -0.463 e. The van der Waals surface area contributed by atoms with Crippen molar-refractivity contribution in [1.82, 2.24) is 10.3 Å². The molecule has 1 unspecified atom stereocenters. The fraction of sp³-hybridized carbons (Fsp3) is 0.278. The standard InChI is InChI=1S/C18H19ClN2O3/c1-11-3-6-16(24-11)18(2,23)10-21-17(22)7-12-9-20-15-5-4-13(19)8-14(12)15/h3-6,8-9,20,23H,7,10H2,1-2H3,(H,21,22). The maximum absolute atomic E-state index is 12.2. The number of carbonyl (C=O) groups excluding carboxylic acids is 1. The molecule has 3 aromatic rings. The highest BCUT2D eigenvalue weighted by Crippen LogP contribution is 2.24. The summed E-state index contributed by atoms with van der Waals surface area (Å²) < 4.78 is 5.44. The molecule has 0 fully saturated rings. The molecule has 1 atom stereocenters. The van der Waals surface area contributed by atoms with E-state index >= 15 is 0 Å². The smallest absolute Gasteiger partial charge is 0.224 e. The molecule has 0 bridgehead atoms. The Morgan fingerprint density at radius 1 is 1.38 bits per heavy atom. The first-order valence-corrected chi connectivity index (χ1v) is 8.04. The average molecular weight is 347 g/mol. The molecule has 0 saturated heterocycles. The molecule has 0 aliphatic heterocycles. The number of halogens is 1. The van der Waals surface area contributed by atoms with Gasteiger partial charge in [-0.15, -0.1) is 0 Å². The summed E-state index contributed by atoms with van der Waals surface area (Å²) in [5, 5.41) is 14.7. The Balaban J connectivity index is 1.66. The number of aliphatic hydroxyl groups is 1. The van der Waals surface area contributed by atoms with E-state index in [4.69, 9.17) is 16.0 Å². The van der Waals surface area contributed by atoms with E-state index in [2.05, 4.69) is 10.3 Å². The molecule has 126 valence electrons. The molecule has 2 aromatic heterocycles. The first-order valence-electron chi connectivity index (χ1n) is 7.67. The van der Waals surface area contributed by atoms with E-state index < -0.39 is 5.60 Å². The van der Waals surface area contributed by atoms with Gasteiger partial charge < -0.3 is 19.8 Å². The molecule has 0 aliphatic carbocycles. The van der Waals surface area contributed by atoms with Crippen molar-refractivity contribution >= 4 is 28.4 Å². The lowest BCUT2D eigenvalue weighted by Crippen LogP contribution is -2.39. The largest absolute Gasteiger partial charge is 0.463 e. The maximum Gasteiger partial charge on any atom is 0.224 e. The van der Waals surface area contributed by atoms with Crippen LogP contribution in [0.15, 0.2) is 40.9 Å². The highest BCUT2D eigenvalue weighted by Gasteiger charge is 2.27. The number of benzene rings is 1. The van der Waals surface area contributed by atoms with Crippen LogP contribution in [0.2, 0.25) is 5.02 Å². The van der Waals surface area contributed by atoms with Crippen molar-refractivity contribution in [2.75, 3.05) is 6.54 Å². The van der Waals surface area contributed by atoms with Gasteiger partial charge in [0.25, 0.3) is 0 Å². The predicted molar refractivity (Wildman–Crippen MR) is 93.0 cm³/mol. The van der Waals surface area contributed by atoms with Gasteiger partial charge in [0, 0.05) is 22.1 Å². The fourth-order valence-electron chi connectivity index (χ4n) is 2.61. The topological polar surface area (TPSA) is 78.3 Å².